The third kappa shape index (κ3) is 4.00. The van der Waals surface area contributed by atoms with E-state index in [2.05, 4.69) is 5.32 Å². The van der Waals surface area contributed by atoms with Crippen LogP contribution in [0.15, 0.2) is 18.2 Å². The average molecular weight is 258 g/mol. The van der Waals surface area contributed by atoms with E-state index in [1.165, 1.54) is 6.07 Å². The maximum Gasteiger partial charge on any atom is 0.251 e. The highest BCUT2D eigenvalue weighted by atomic mass is 35.5. The maximum absolute atomic E-state index is 13.3. The summed E-state index contributed by atoms with van der Waals surface area (Å²) >= 11 is 5.65. The van der Waals surface area contributed by atoms with Crippen molar-refractivity contribution in [3.63, 3.8) is 0 Å². The first-order valence-electron chi connectivity index (χ1n) is 5.50. The summed E-state index contributed by atoms with van der Waals surface area (Å²) in [5.74, 6) is -0.179. The minimum Gasteiger partial charge on any atom is -0.347 e. The second-order valence-corrected chi connectivity index (χ2v) is 5.12. The second-order valence-electron chi connectivity index (χ2n) is 4.74. The largest absolute Gasteiger partial charge is 0.347 e. The normalized spacial score (nSPS) is 11.4. The van der Waals surface area contributed by atoms with Gasteiger partial charge in [-0.05, 0) is 44.9 Å². The quantitative estimate of drug-likeness (QED) is 0.824. The van der Waals surface area contributed by atoms with E-state index in [1.807, 2.05) is 13.8 Å². The molecule has 0 aliphatic rings. The number of rotatable bonds is 4. The summed E-state index contributed by atoms with van der Waals surface area (Å²) in [6.07, 6.45) is 0.661. The molecule has 0 heterocycles. The van der Waals surface area contributed by atoms with E-state index >= 15 is 0 Å². The number of aryl methyl sites for hydroxylation is 1. The highest BCUT2D eigenvalue weighted by Gasteiger charge is 2.20. The number of halogens is 2. The summed E-state index contributed by atoms with van der Waals surface area (Å²) in [6.45, 7) is 5.43. The van der Waals surface area contributed by atoms with Gasteiger partial charge in [-0.25, -0.2) is 4.39 Å². The molecule has 1 rings (SSSR count). The molecule has 2 nitrogen and oxygen atoms in total. The monoisotopic (exact) mass is 257 g/mol. The molecule has 0 unspecified atom stereocenters. The van der Waals surface area contributed by atoms with E-state index in [4.69, 9.17) is 11.6 Å². The molecule has 4 heteroatoms. The zero-order valence-corrected chi connectivity index (χ0v) is 11.1. The van der Waals surface area contributed by atoms with Gasteiger partial charge in [-0.2, -0.15) is 0 Å². The zero-order chi connectivity index (χ0) is 13.1. The van der Waals surface area contributed by atoms with Gasteiger partial charge in [0.25, 0.3) is 5.91 Å². The molecule has 0 aliphatic heterocycles. The molecule has 0 saturated heterocycles. The lowest BCUT2D eigenvalue weighted by Gasteiger charge is -2.25. The number of nitrogens with one attached hydrogen (secondary N) is 1. The molecule has 0 spiro atoms. The molecule has 0 fully saturated rings. The van der Waals surface area contributed by atoms with Crippen LogP contribution in [0.1, 0.15) is 36.2 Å². The predicted molar refractivity (Wildman–Crippen MR) is 68.0 cm³/mol. The molecule has 0 saturated carbocycles. The van der Waals surface area contributed by atoms with Crippen LogP contribution in [-0.4, -0.2) is 17.3 Å². The number of carbonyl (C=O) groups is 1. The summed E-state index contributed by atoms with van der Waals surface area (Å²) in [6, 6.07) is 4.46. The Morgan fingerprint density at radius 1 is 1.47 bits per heavy atom. The number of benzene rings is 1. The van der Waals surface area contributed by atoms with Gasteiger partial charge in [0.1, 0.15) is 5.82 Å². The minimum absolute atomic E-state index is 0.279. The molecule has 0 bridgehead atoms. The van der Waals surface area contributed by atoms with Crippen LogP contribution in [0.4, 0.5) is 4.39 Å². The van der Waals surface area contributed by atoms with Crippen molar-refractivity contribution >= 4 is 17.5 Å². The van der Waals surface area contributed by atoms with Crippen LogP contribution in [0, 0.1) is 12.7 Å². The standard InChI is InChI=1S/C13H17ClFNO/c1-9-4-5-10(8-11(9)15)12(17)16-13(2,3)6-7-14/h4-5,8H,6-7H2,1-3H3,(H,16,17). The lowest BCUT2D eigenvalue weighted by atomic mass is 10.0. The minimum atomic E-state index is -0.389. The van der Waals surface area contributed by atoms with Gasteiger partial charge >= 0.3 is 0 Å². The van der Waals surface area contributed by atoms with Crippen molar-refractivity contribution in [2.24, 2.45) is 0 Å². The molecule has 0 aromatic heterocycles. The van der Waals surface area contributed by atoms with Gasteiger partial charge in [0, 0.05) is 17.0 Å². The third-order valence-corrected chi connectivity index (χ3v) is 2.79. The Labute approximate surface area is 106 Å². The summed E-state index contributed by atoms with van der Waals surface area (Å²) in [5.41, 5.74) is 0.470. The number of hydrogen-bond donors (Lipinski definition) is 1. The van der Waals surface area contributed by atoms with E-state index in [1.54, 1.807) is 19.1 Å². The molecule has 1 aromatic rings. The van der Waals surface area contributed by atoms with Crippen LogP contribution >= 0.6 is 11.6 Å². The van der Waals surface area contributed by atoms with Crippen molar-refractivity contribution in [1.29, 1.82) is 0 Å². The zero-order valence-electron chi connectivity index (χ0n) is 10.3. The molecular weight excluding hydrogens is 241 g/mol. The van der Waals surface area contributed by atoms with E-state index in [0.29, 0.717) is 23.4 Å². The van der Waals surface area contributed by atoms with E-state index in [-0.39, 0.29) is 17.3 Å². The van der Waals surface area contributed by atoms with Gasteiger partial charge < -0.3 is 5.32 Å². The van der Waals surface area contributed by atoms with E-state index in [0.717, 1.165) is 0 Å². The van der Waals surface area contributed by atoms with Crippen LogP contribution in [-0.2, 0) is 0 Å². The SMILES string of the molecule is Cc1ccc(C(=O)NC(C)(C)CCCl)cc1F. The molecular formula is C13H17ClFNO. The van der Waals surface area contributed by atoms with Gasteiger partial charge in [-0.3, -0.25) is 4.79 Å². The van der Waals surface area contributed by atoms with Gasteiger partial charge in [-0.1, -0.05) is 6.07 Å². The van der Waals surface area contributed by atoms with Crippen molar-refractivity contribution in [3.8, 4) is 0 Å². The fourth-order valence-electron chi connectivity index (χ4n) is 1.41. The molecule has 0 aliphatic carbocycles. The lowest BCUT2D eigenvalue weighted by molar-refractivity contribution is 0.0911. The fourth-order valence-corrected chi connectivity index (χ4v) is 1.88. The van der Waals surface area contributed by atoms with Gasteiger partial charge in [0.05, 0.1) is 0 Å². The first kappa shape index (κ1) is 14.0. The van der Waals surface area contributed by atoms with Crippen LogP contribution in [0.3, 0.4) is 0 Å². The fraction of sp³-hybridized carbons (Fsp3) is 0.462. The van der Waals surface area contributed by atoms with Crippen molar-refractivity contribution < 1.29 is 9.18 Å². The Balaban J connectivity index is 2.80. The summed E-state index contributed by atoms with van der Waals surface area (Å²) < 4.78 is 13.3. The van der Waals surface area contributed by atoms with Gasteiger partial charge in [0.2, 0.25) is 0 Å². The second kappa shape index (κ2) is 5.50. The Morgan fingerprint density at radius 2 is 2.12 bits per heavy atom. The number of hydrogen-bond acceptors (Lipinski definition) is 1. The van der Waals surface area contributed by atoms with Crippen molar-refractivity contribution in [1.82, 2.24) is 5.32 Å². The average Bonchev–Trinajstić information content (AvgIpc) is 2.21. The first-order chi connectivity index (χ1) is 7.85. The lowest BCUT2D eigenvalue weighted by Crippen LogP contribution is -2.43. The van der Waals surface area contributed by atoms with Crippen LogP contribution in [0.25, 0.3) is 0 Å². The highest BCUT2D eigenvalue weighted by molar-refractivity contribution is 6.17. The molecule has 0 atom stereocenters. The first-order valence-corrected chi connectivity index (χ1v) is 6.04. The summed E-state index contributed by atoms with van der Waals surface area (Å²) in [4.78, 5) is 11.9. The molecule has 94 valence electrons. The Kier molecular flexibility index (Phi) is 4.52. The topological polar surface area (TPSA) is 29.1 Å². The van der Waals surface area contributed by atoms with Crippen LogP contribution in [0.2, 0.25) is 0 Å². The maximum atomic E-state index is 13.3. The summed E-state index contributed by atoms with van der Waals surface area (Å²) in [7, 11) is 0. The van der Waals surface area contributed by atoms with Crippen molar-refractivity contribution in [3.05, 3.63) is 35.1 Å². The molecule has 1 amide bonds. The van der Waals surface area contributed by atoms with Crippen LogP contribution < -0.4 is 5.32 Å². The summed E-state index contributed by atoms with van der Waals surface area (Å²) in [5, 5.41) is 2.83. The van der Waals surface area contributed by atoms with Crippen molar-refractivity contribution in [2.75, 3.05) is 5.88 Å². The highest BCUT2D eigenvalue weighted by Crippen LogP contribution is 2.13. The van der Waals surface area contributed by atoms with Gasteiger partial charge in [0.15, 0.2) is 0 Å². The smallest absolute Gasteiger partial charge is 0.251 e. The Hall–Kier alpha value is -1.09. The molecule has 1 aromatic carbocycles. The molecule has 17 heavy (non-hydrogen) atoms. The number of amides is 1. The third-order valence-electron chi connectivity index (χ3n) is 2.61. The van der Waals surface area contributed by atoms with Crippen LogP contribution in [0.5, 0.6) is 0 Å². The predicted octanol–water partition coefficient (Wildman–Crippen LogP) is 3.27. The Bertz CT molecular complexity index is 418. The number of alkyl halides is 1. The van der Waals surface area contributed by atoms with Gasteiger partial charge in [-0.15, -0.1) is 11.6 Å². The Morgan fingerprint density at radius 3 is 2.65 bits per heavy atom. The molecule has 1 N–H and O–H groups in total. The van der Waals surface area contributed by atoms with E-state index in [9.17, 15) is 9.18 Å². The van der Waals surface area contributed by atoms with Crippen molar-refractivity contribution in [2.45, 2.75) is 32.7 Å². The molecule has 0 radical (unpaired) electrons. The van der Waals surface area contributed by atoms with E-state index < -0.39 is 0 Å². The number of carbonyl (C=O) groups excluding carboxylic acids is 1.